The molecule has 11 heteroatoms. The summed E-state index contributed by atoms with van der Waals surface area (Å²) >= 11 is 0. The van der Waals surface area contributed by atoms with Gasteiger partial charge in [0.2, 0.25) is 5.91 Å². The number of fused-ring (bicyclic) bond motifs is 1. The van der Waals surface area contributed by atoms with Gasteiger partial charge < -0.3 is 25.6 Å². The number of likely N-dealkylation sites (tertiary alicyclic amines) is 1. The Balaban J connectivity index is 1.57. The zero-order valence-corrected chi connectivity index (χ0v) is 22.5. The van der Waals surface area contributed by atoms with Gasteiger partial charge in [0.1, 0.15) is 17.4 Å². The van der Waals surface area contributed by atoms with Crippen LogP contribution in [-0.4, -0.2) is 75.1 Å². The molecule has 1 fully saturated rings. The Bertz CT molecular complexity index is 1340. The zero-order valence-electron chi connectivity index (χ0n) is 22.5. The molecule has 3 aromatic rings. The fourth-order valence-corrected chi connectivity index (χ4v) is 4.50. The summed E-state index contributed by atoms with van der Waals surface area (Å²) in [5, 5.41) is 7.29. The molecular weight excluding hydrogens is 486 g/mol. The van der Waals surface area contributed by atoms with E-state index in [2.05, 4.69) is 15.4 Å². The van der Waals surface area contributed by atoms with Crippen LogP contribution >= 0.6 is 0 Å². The number of piperidine rings is 1. The third-order valence-corrected chi connectivity index (χ3v) is 6.41. The number of rotatable bonds is 5. The van der Waals surface area contributed by atoms with Crippen molar-refractivity contribution in [3.63, 3.8) is 0 Å². The van der Waals surface area contributed by atoms with Crippen molar-refractivity contribution in [1.82, 2.24) is 24.4 Å². The lowest BCUT2D eigenvalue weighted by molar-refractivity contribution is -0.127. The standard InChI is InChI=1S/C27H35N7O4/c1-27(2,3)38-26(37)33-12-6-7-18(15-33)21-14-20(23-24(28)29-16-30-34(21)23)25(36)31-19-10-8-17(9-11-19)13-22(35)32(4)5/h8-11,14,16,18H,6-7,12-13,15H2,1-5H3,(H,31,36)(H2,28,29,30). The minimum Gasteiger partial charge on any atom is -0.444 e. The molecule has 3 amide bonds. The van der Waals surface area contributed by atoms with E-state index in [1.54, 1.807) is 41.7 Å². The number of likely N-dealkylation sites (N-methyl/N-ethyl adjacent to an activating group) is 1. The fourth-order valence-electron chi connectivity index (χ4n) is 4.50. The van der Waals surface area contributed by atoms with E-state index in [0.717, 1.165) is 24.1 Å². The van der Waals surface area contributed by atoms with Gasteiger partial charge in [0.25, 0.3) is 5.91 Å². The first-order chi connectivity index (χ1) is 17.9. The van der Waals surface area contributed by atoms with Crippen LogP contribution in [0.25, 0.3) is 5.52 Å². The molecule has 1 atom stereocenters. The average molecular weight is 522 g/mol. The number of carbonyl (C=O) groups is 3. The molecule has 11 nitrogen and oxygen atoms in total. The van der Waals surface area contributed by atoms with Crippen LogP contribution in [0.2, 0.25) is 0 Å². The molecule has 202 valence electrons. The van der Waals surface area contributed by atoms with Gasteiger partial charge in [-0.1, -0.05) is 12.1 Å². The van der Waals surface area contributed by atoms with Gasteiger partial charge in [-0.15, -0.1) is 0 Å². The highest BCUT2D eigenvalue weighted by molar-refractivity contribution is 6.10. The third-order valence-electron chi connectivity index (χ3n) is 6.41. The van der Waals surface area contributed by atoms with Crippen LogP contribution in [0.4, 0.5) is 16.3 Å². The smallest absolute Gasteiger partial charge is 0.410 e. The fraction of sp³-hybridized carbons (Fsp3) is 0.444. The van der Waals surface area contributed by atoms with Crippen molar-refractivity contribution in [1.29, 1.82) is 0 Å². The highest BCUT2D eigenvalue weighted by atomic mass is 16.6. The monoisotopic (exact) mass is 521 g/mol. The van der Waals surface area contributed by atoms with E-state index in [1.807, 2.05) is 32.9 Å². The Morgan fingerprint density at radius 3 is 2.55 bits per heavy atom. The van der Waals surface area contributed by atoms with E-state index >= 15 is 0 Å². The molecule has 2 aromatic heterocycles. The Morgan fingerprint density at radius 1 is 1.18 bits per heavy atom. The molecule has 38 heavy (non-hydrogen) atoms. The van der Waals surface area contributed by atoms with Crippen molar-refractivity contribution in [3.8, 4) is 0 Å². The Labute approximate surface area is 221 Å². The van der Waals surface area contributed by atoms with Crippen molar-refractivity contribution in [2.75, 3.05) is 38.2 Å². The maximum Gasteiger partial charge on any atom is 0.410 e. The van der Waals surface area contributed by atoms with Crippen molar-refractivity contribution < 1.29 is 19.1 Å². The minimum absolute atomic E-state index is 0.00184. The van der Waals surface area contributed by atoms with Crippen LogP contribution in [0.1, 0.15) is 61.1 Å². The van der Waals surface area contributed by atoms with Gasteiger partial charge in [0, 0.05) is 44.5 Å². The van der Waals surface area contributed by atoms with Crippen LogP contribution in [0.5, 0.6) is 0 Å². The molecule has 3 heterocycles. The number of hydrogen-bond donors (Lipinski definition) is 2. The molecule has 0 spiro atoms. The molecule has 0 radical (unpaired) electrons. The van der Waals surface area contributed by atoms with Crippen molar-refractivity contribution in [2.45, 2.75) is 51.6 Å². The molecule has 1 saturated heterocycles. The van der Waals surface area contributed by atoms with E-state index in [9.17, 15) is 14.4 Å². The number of hydrogen-bond acceptors (Lipinski definition) is 7. The molecule has 1 aromatic carbocycles. The minimum atomic E-state index is -0.585. The van der Waals surface area contributed by atoms with E-state index in [4.69, 9.17) is 10.5 Å². The Morgan fingerprint density at radius 2 is 1.89 bits per heavy atom. The molecular formula is C27H35N7O4. The first-order valence-electron chi connectivity index (χ1n) is 12.6. The third kappa shape index (κ3) is 6.04. The summed E-state index contributed by atoms with van der Waals surface area (Å²) in [5.41, 5.74) is 8.59. The normalized spacial score (nSPS) is 15.8. The maximum absolute atomic E-state index is 13.4. The maximum atomic E-state index is 13.4. The van der Waals surface area contributed by atoms with Crippen molar-refractivity contribution >= 4 is 34.9 Å². The quantitative estimate of drug-likeness (QED) is 0.526. The largest absolute Gasteiger partial charge is 0.444 e. The Kier molecular flexibility index (Phi) is 7.56. The molecule has 0 aliphatic carbocycles. The second-order valence-corrected chi connectivity index (χ2v) is 10.8. The molecule has 0 saturated carbocycles. The highest BCUT2D eigenvalue weighted by Crippen LogP contribution is 2.32. The summed E-state index contributed by atoms with van der Waals surface area (Å²) in [7, 11) is 3.43. The summed E-state index contributed by atoms with van der Waals surface area (Å²) in [5.74, 6) is -0.230. The lowest BCUT2D eigenvalue weighted by atomic mass is 9.95. The number of carbonyl (C=O) groups excluding carboxylic acids is 3. The molecule has 3 N–H and O–H groups in total. The van der Waals surface area contributed by atoms with Gasteiger partial charge in [-0.2, -0.15) is 5.10 Å². The van der Waals surface area contributed by atoms with E-state index in [1.165, 1.54) is 11.2 Å². The molecule has 4 rings (SSSR count). The van der Waals surface area contributed by atoms with Crippen molar-refractivity contribution in [2.24, 2.45) is 0 Å². The second kappa shape index (κ2) is 10.7. The number of nitrogens with one attached hydrogen (secondary N) is 1. The summed E-state index contributed by atoms with van der Waals surface area (Å²) in [4.78, 5) is 45.4. The molecule has 0 bridgehead atoms. The lowest BCUT2D eigenvalue weighted by Gasteiger charge is -2.34. The van der Waals surface area contributed by atoms with Gasteiger partial charge in [-0.25, -0.2) is 14.3 Å². The summed E-state index contributed by atoms with van der Waals surface area (Å²) in [6.45, 7) is 6.57. The van der Waals surface area contributed by atoms with Crippen molar-refractivity contribution in [3.05, 3.63) is 53.5 Å². The first-order valence-corrected chi connectivity index (χ1v) is 12.6. The van der Waals surface area contributed by atoms with Crippen LogP contribution in [0, 0.1) is 0 Å². The number of benzene rings is 1. The average Bonchev–Trinajstić information content (AvgIpc) is 3.25. The lowest BCUT2D eigenvalue weighted by Crippen LogP contribution is -2.42. The SMILES string of the molecule is CN(C)C(=O)Cc1ccc(NC(=O)c2cc(C3CCCN(C(=O)OC(C)(C)C)C3)n3ncnc(N)c23)cc1. The van der Waals surface area contributed by atoms with Crippen LogP contribution in [0.3, 0.4) is 0 Å². The predicted octanol–water partition coefficient (Wildman–Crippen LogP) is 3.31. The number of anilines is 2. The molecule has 1 aliphatic rings. The highest BCUT2D eigenvalue weighted by Gasteiger charge is 2.31. The topological polar surface area (TPSA) is 135 Å². The summed E-state index contributed by atoms with van der Waals surface area (Å²) in [6.07, 6.45) is 2.90. The number of ether oxygens (including phenoxy) is 1. The number of nitrogen functional groups attached to an aromatic ring is 1. The first kappa shape index (κ1) is 26.9. The van der Waals surface area contributed by atoms with Crippen LogP contribution < -0.4 is 11.1 Å². The molecule has 1 unspecified atom stereocenters. The number of nitrogens with zero attached hydrogens (tertiary/aromatic N) is 5. The summed E-state index contributed by atoms with van der Waals surface area (Å²) in [6, 6.07) is 8.92. The van der Waals surface area contributed by atoms with E-state index in [0.29, 0.717) is 29.9 Å². The van der Waals surface area contributed by atoms with Gasteiger partial charge >= 0.3 is 6.09 Å². The van der Waals surface area contributed by atoms with E-state index in [-0.39, 0.29) is 36.1 Å². The van der Waals surface area contributed by atoms with Gasteiger partial charge in [0.05, 0.1) is 12.0 Å². The number of aromatic nitrogens is 3. The number of nitrogens with two attached hydrogens (primary N) is 1. The summed E-state index contributed by atoms with van der Waals surface area (Å²) < 4.78 is 7.22. The van der Waals surface area contributed by atoms with Gasteiger partial charge in [-0.3, -0.25) is 9.59 Å². The van der Waals surface area contributed by atoms with Gasteiger partial charge in [-0.05, 0) is 57.4 Å². The second-order valence-electron chi connectivity index (χ2n) is 10.8. The predicted molar refractivity (Wildman–Crippen MR) is 144 cm³/mol. The zero-order chi connectivity index (χ0) is 27.6. The van der Waals surface area contributed by atoms with Crippen LogP contribution in [-0.2, 0) is 16.0 Å². The van der Waals surface area contributed by atoms with Gasteiger partial charge in [0.15, 0.2) is 5.82 Å². The van der Waals surface area contributed by atoms with E-state index < -0.39 is 5.60 Å². The number of amides is 3. The molecule has 1 aliphatic heterocycles. The Hall–Kier alpha value is -4.15. The van der Waals surface area contributed by atoms with Crippen LogP contribution in [0.15, 0.2) is 36.7 Å².